The van der Waals surface area contributed by atoms with E-state index in [1.54, 1.807) is 0 Å². The molecule has 0 aliphatic heterocycles. The van der Waals surface area contributed by atoms with Crippen molar-refractivity contribution in [2.75, 3.05) is 13.2 Å². The summed E-state index contributed by atoms with van der Waals surface area (Å²) in [7, 11) is 0. The molecule has 79 heavy (non-hydrogen) atoms. The van der Waals surface area contributed by atoms with Gasteiger partial charge in [0, 0.05) is 19.3 Å². The third-order valence-electron chi connectivity index (χ3n) is 15.5. The first kappa shape index (κ1) is 76.1. The van der Waals surface area contributed by atoms with E-state index in [1.807, 2.05) is 0 Å². The van der Waals surface area contributed by atoms with Crippen LogP contribution in [0.15, 0.2) is 60.8 Å². The van der Waals surface area contributed by atoms with Crippen molar-refractivity contribution in [3.8, 4) is 0 Å². The van der Waals surface area contributed by atoms with Gasteiger partial charge in [-0.05, 0) is 109 Å². The molecule has 1 atom stereocenters. The van der Waals surface area contributed by atoms with Gasteiger partial charge in [-0.15, -0.1) is 0 Å². The molecule has 0 rings (SSSR count). The Bertz CT molecular complexity index is 1410. The summed E-state index contributed by atoms with van der Waals surface area (Å²) >= 11 is 0. The van der Waals surface area contributed by atoms with Crippen LogP contribution < -0.4 is 0 Å². The zero-order valence-corrected chi connectivity index (χ0v) is 52.9. The van der Waals surface area contributed by atoms with Crippen molar-refractivity contribution < 1.29 is 28.6 Å². The summed E-state index contributed by atoms with van der Waals surface area (Å²) in [5.74, 6) is -0.868. The van der Waals surface area contributed by atoms with Gasteiger partial charge in [0.05, 0.1) is 0 Å². The number of hydrogen-bond acceptors (Lipinski definition) is 6. The van der Waals surface area contributed by atoms with Gasteiger partial charge in [0.25, 0.3) is 0 Å². The zero-order chi connectivity index (χ0) is 57.1. The van der Waals surface area contributed by atoms with Crippen molar-refractivity contribution in [2.24, 2.45) is 0 Å². The standard InChI is InChI=1S/C73H132O6/c1-4-7-10-13-16-19-22-25-27-29-31-32-33-34-35-36-37-38-39-40-42-43-45-48-51-54-57-60-63-66-72(75)78-69-70(68-77-71(74)65-62-59-56-53-50-47-24-21-18-15-12-9-6-3)79-73(76)67-64-61-58-55-52-49-46-44-41-30-28-26-23-20-17-14-11-8-5-2/h17,20-22,24-26,28-29,31,70H,4-16,18-19,23,27,30,32-69H2,1-3H3/b20-17-,24-21-,25-22-,28-26-,31-29-. The van der Waals surface area contributed by atoms with Gasteiger partial charge in [-0.1, -0.05) is 300 Å². The number of allylic oxidation sites excluding steroid dienone is 10. The summed E-state index contributed by atoms with van der Waals surface area (Å²) in [6.07, 6.45) is 86.7. The summed E-state index contributed by atoms with van der Waals surface area (Å²) in [6, 6.07) is 0. The Kier molecular flexibility index (Phi) is 65.1. The van der Waals surface area contributed by atoms with Crippen LogP contribution in [0.5, 0.6) is 0 Å². The molecule has 0 saturated heterocycles. The van der Waals surface area contributed by atoms with Gasteiger partial charge in [0.15, 0.2) is 6.10 Å². The molecule has 0 aromatic rings. The summed E-state index contributed by atoms with van der Waals surface area (Å²) in [4.78, 5) is 38.4. The van der Waals surface area contributed by atoms with Crippen molar-refractivity contribution in [3.05, 3.63) is 60.8 Å². The molecule has 0 fully saturated rings. The second kappa shape index (κ2) is 67.6. The predicted octanol–water partition coefficient (Wildman–Crippen LogP) is 23.9. The first-order valence-corrected chi connectivity index (χ1v) is 34.8. The Labute approximate surface area is 491 Å². The maximum Gasteiger partial charge on any atom is 0.306 e. The van der Waals surface area contributed by atoms with Crippen molar-refractivity contribution in [2.45, 2.75) is 374 Å². The summed E-state index contributed by atoms with van der Waals surface area (Å²) < 4.78 is 17.0. The SMILES string of the molecule is CCCCC/C=C\C/C=C\CCCCCCCCCCCC(=O)OC(COC(=O)CCCCCCC/C=C\CCCCCC)COC(=O)CCCCCCCCCCCCCCCCCCC/C=C\C/C=C\CCCCCCC. The van der Waals surface area contributed by atoms with E-state index in [0.29, 0.717) is 19.3 Å². The molecule has 0 aliphatic rings. The lowest BCUT2D eigenvalue weighted by molar-refractivity contribution is -0.167. The van der Waals surface area contributed by atoms with E-state index in [9.17, 15) is 14.4 Å². The van der Waals surface area contributed by atoms with Gasteiger partial charge in [-0.3, -0.25) is 14.4 Å². The molecule has 0 radical (unpaired) electrons. The summed E-state index contributed by atoms with van der Waals surface area (Å²) in [5, 5.41) is 0. The van der Waals surface area contributed by atoms with Crippen LogP contribution in [-0.4, -0.2) is 37.2 Å². The van der Waals surface area contributed by atoms with Crippen LogP contribution in [-0.2, 0) is 28.6 Å². The van der Waals surface area contributed by atoms with Crippen molar-refractivity contribution in [3.63, 3.8) is 0 Å². The number of carbonyl (C=O) groups is 3. The van der Waals surface area contributed by atoms with Gasteiger partial charge in [0.2, 0.25) is 0 Å². The molecule has 0 aliphatic carbocycles. The second-order valence-electron chi connectivity index (χ2n) is 23.4. The lowest BCUT2D eigenvalue weighted by atomic mass is 10.0. The Morgan fingerprint density at radius 2 is 0.456 bits per heavy atom. The van der Waals surface area contributed by atoms with E-state index in [-0.39, 0.29) is 31.1 Å². The number of esters is 3. The molecule has 0 spiro atoms. The largest absolute Gasteiger partial charge is 0.462 e. The third kappa shape index (κ3) is 65.8. The highest BCUT2D eigenvalue weighted by atomic mass is 16.6. The fraction of sp³-hybridized carbons (Fsp3) is 0.822. The number of ether oxygens (including phenoxy) is 3. The molecule has 6 nitrogen and oxygen atoms in total. The van der Waals surface area contributed by atoms with Gasteiger partial charge < -0.3 is 14.2 Å². The Morgan fingerprint density at radius 3 is 0.747 bits per heavy atom. The molecular formula is C73H132O6. The minimum atomic E-state index is -0.780. The highest BCUT2D eigenvalue weighted by Gasteiger charge is 2.19. The van der Waals surface area contributed by atoms with Gasteiger partial charge in [-0.25, -0.2) is 0 Å². The van der Waals surface area contributed by atoms with Crippen molar-refractivity contribution in [1.29, 1.82) is 0 Å². The average molecular weight is 1110 g/mol. The molecule has 0 aromatic carbocycles. The Hall–Kier alpha value is -2.89. The topological polar surface area (TPSA) is 78.9 Å². The van der Waals surface area contributed by atoms with Crippen LogP contribution in [0.25, 0.3) is 0 Å². The van der Waals surface area contributed by atoms with Crippen LogP contribution in [0.3, 0.4) is 0 Å². The molecule has 0 N–H and O–H groups in total. The normalized spacial score (nSPS) is 12.4. The number of rotatable bonds is 64. The van der Waals surface area contributed by atoms with E-state index in [4.69, 9.17) is 14.2 Å². The molecule has 0 heterocycles. The second-order valence-corrected chi connectivity index (χ2v) is 23.4. The van der Waals surface area contributed by atoms with Gasteiger partial charge in [0.1, 0.15) is 13.2 Å². The average Bonchev–Trinajstić information content (AvgIpc) is 3.45. The highest BCUT2D eigenvalue weighted by molar-refractivity contribution is 5.71. The lowest BCUT2D eigenvalue weighted by Gasteiger charge is -2.18. The monoisotopic (exact) mass is 1110 g/mol. The van der Waals surface area contributed by atoms with Crippen molar-refractivity contribution >= 4 is 17.9 Å². The van der Waals surface area contributed by atoms with E-state index in [2.05, 4.69) is 81.5 Å². The third-order valence-corrected chi connectivity index (χ3v) is 15.5. The maximum absolute atomic E-state index is 12.9. The molecule has 0 amide bonds. The van der Waals surface area contributed by atoms with Crippen molar-refractivity contribution in [1.82, 2.24) is 0 Å². The fourth-order valence-corrected chi connectivity index (χ4v) is 10.2. The van der Waals surface area contributed by atoms with Gasteiger partial charge >= 0.3 is 17.9 Å². The quantitative estimate of drug-likeness (QED) is 0.0261. The molecule has 1 unspecified atom stereocenters. The van der Waals surface area contributed by atoms with Crippen LogP contribution in [0.2, 0.25) is 0 Å². The lowest BCUT2D eigenvalue weighted by Crippen LogP contribution is -2.30. The van der Waals surface area contributed by atoms with E-state index in [0.717, 1.165) is 77.0 Å². The Morgan fingerprint density at radius 1 is 0.253 bits per heavy atom. The minimum absolute atomic E-state index is 0.0752. The van der Waals surface area contributed by atoms with E-state index >= 15 is 0 Å². The molecular weight excluding hydrogens is 973 g/mol. The molecule has 460 valence electrons. The fourth-order valence-electron chi connectivity index (χ4n) is 10.2. The van der Waals surface area contributed by atoms with Gasteiger partial charge in [-0.2, -0.15) is 0 Å². The number of hydrogen-bond donors (Lipinski definition) is 0. The van der Waals surface area contributed by atoms with E-state index in [1.165, 1.54) is 250 Å². The predicted molar refractivity (Wildman–Crippen MR) is 344 cm³/mol. The number of unbranched alkanes of at least 4 members (excludes halogenated alkanes) is 43. The first-order chi connectivity index (χ1) is 39.0. The first-order valence-electron chi connectivity index (χ1n) is 34.8. The summed E-state index contributed by atoms with van der Waals surface area (Å²) in [5.41, 5.74) is 0. The van der Waals surface area contributed by atoms with Crippen LogP contribution in [0, 0.1) is 0 Å². The van der Waals surface area contributed by atoms with E-state index < -0.39 is 6.10 Å². The summed E-state index contributed by atoms with van der Waals surface area (Å²) in [6.45, 7) is 6.63. The van der Waals surface area contributed by atoms with Crippen LogP contribution >= 0.6 is 0 Å². The zero-order valence-electron chi connectivity index (χ0n) is 52.9. The Balaban J connectivity index is 4.21. The maximum atomic E-state index is 12.9. The number of carbonyl (C=O) groups excluding carboxylic acids is 3. The molecule has 0 bridgehead atoms. The molecule has 6 heteroatoms. The van der Waals surface area contributed by atoms with Crippen LogP contribution in [0.4, 0.5) is 0 Å². The molecule has 0 aromatic heterocycles. The smallest absolute Gasteiger partial charge is 0.306 e. The molecule has 0 saturated carbocycles. The highest BCUT2D eigenvalue weighted by Crippen LogP contribution is 2.17. The van der Waals surface area contributed by atoms with Crippen LogP contribution in [0.1, 0.15) is 367 Å². The minimum Gasteiger partial charge on any atom is -0.462 e.